The van der Waals surface area contributed by atoms with Gasteiger partial charge in [0.1, 0.15) is 22.3 Å². The lowest BCUT2D eigenvalue weighted by atomic mass is 9.91. The van der Waals surface area contributed by atoms with E-state index in [0.717, 1.165) is 55.0 Å². The average molecular weight is 535 g/mol. The van der Waals surface area contributed by atoms with Crippen molar-refractivity contribution >= 4 is 54.6 Å². The van der Waals surface area contributed by atoms with E-state index in [1.54, 1.807) is 0 Å². The van der Waals surface area contributed by atoms with Gasteiger partial charge in [-0.25, -0.2) is 0 Å². The van der Waals surface area contributed by atoms with Gasteiger partial charge in [0.25, 0.3) is 0 Å². The van der Waals surface area contributed by atoms with E-state index in [1.165, 1.54) is 44.2 Å². The predicted molar refractivity (Wildman–Crippen MR) is 174 cm³/mol. The first kappa shape index (κ1) is 22.1. The van der Waals surface area contributed by atoms with Gasteiger partial charge < -0.3 is 8.83 Å². The van der Waals surface area contributed by atoms with E-state index >= 15 is 0 Å². The van der Waals surface area contributed by atoms with Crippen LogP contribution in [0.3, 0.4) is 0 Å². The molecule has 0 amide bonds. The minimum absolute atomic E-state index is 0.886. The van der Waals surface area contributed by atoms with Crippen molar-refractivity contribution in [3.05, 3.63) is 133 Å². The van der Waals surface area contributed by atoms with Crippen LogP contribution in [0.1, 0.15) is 0 Å². The second kappa shape index (κ2) is 7.99. The molecule has 2 aromatic heterocycles. The highest BCUT2D eigenvalue weighted by Gasteiger charge is 2.24. The molecule has 9 aromatic rings. The third-order valence-electron chi connectivity index (χ3n) is 9.05. The first-order valence-corrected chi connectivity index (χ1v) is 14.4. The fourth-order valence-corrected chi connectivity index (χ4v) is 7.24. The van der Waals surface area contributed by atoms with Crippen molar-refractivity contribution in [3.63, 3.8) is 0 Å². The highest BCUT2D eigenvalue weighted by Crippen LogP contribution is 2.50. The maximum atomic E-state index is 6.66. The number of benzene rings is 7. The molecular weight excluding hydrogens is 512 g/mol. The number of hydrogen-bond acceptors (Lipinski definition) is 2. The second-order valence-corrected chi connectivity index (χ2v) is 11.2. The maximum absolute atomic E-state index is 6.66. The molecule has 1 aliphatic rings. The lowest BCUT2D eigenvalue weighted by Crippen LogP contribution is -1.85. The zero-order chi connectivity index (χ0) is 27.4. The van der Waals surface area contributed by atoms with E-state index in [2.05, 4.69) is 121 Å². The monoisotopic (exact) mass is 534 g/mol. The summed E-state index contributed by atoms with van der Waals surface area (Å²) in [6, 6.07) is 47.6. The summed E-state index contributed by atoms with van der Waals surface area (Å²) in [6.07, 6.45) is 0. The van der Waals surface area contributed by atoms with Gasteiger partial charge in [0.15, 0.2) is 0 Å². The minimum Gasteiger partial charge on any atom is -0.456 e. The second-order valence-electron chi connectivity index (χ2n) is 11.2. The van der Waals surface area contributed by atoms with E-state index in [4.69, 9.17) is 8.83 Å². The Labute approximate surface area is 241 Å². The van der Waals surface area contributed by atoms with Crippen LogP contribution >= 0.6 is 0 Å². The summed E-state index contributed by atoms with van der Waals surface area (Å²) in [7, 11) is 0. The summed E-state index contributed by atoms with van der Waals surface area (Å²) in [4.78, 5) is 0. The van der Waals surface area contributed by atoms with Crippen LogP contribution in [0.15, 0.2) is 142 Å². The SMILES string of the molecule is c1ccc2c(c1)-c1cccc3c(-c4cccc5oc6c(-c7ccc8c(c7)oc7ccccc78)cccc6c45)ccc-2c13. The molecule has 2 nitrogen and oxygen atoms in total. The molecule has 0 spiro atoms. The summed E-state index contributed by atoms with van der Waals surface area (Å²) in [5, 5.41) is 7.14. The maximum Gasteiger partial charge on any atom is 0.143 e. The van der Waals surface area contributed by atoms with Crippen molar-refractivity contribution in [3.8, 4) is 44.5 Å². The highest BCUT2D eigenvalue weighted by atomic mass is 16.3. The Hall–Kier alpha value is -5.60. The van der Waals surface area contributed by atoms with Crippen LogP contribution in [0, 0.1) is 0 Å². The molecule has 2 heterocycles. The van der Waals surface area contributed by atoms with Crippen LogP contribution in [-0.4, -0.2) is 0 Å². The van der Waals surface area contributed by atoms with Crippen LogP contribution in [-0.2, 0) is 0 Å². The lowest BCUT2D eigenvalue weighted by Gasteiger charge is -2.11. The minimum atomic E-state index is 0.886. The van der Waals surface area contributed by atoms with Gasteiger partial charge in [0.05, 0.1) is 0 Å². The molecule has 0 saturated carbocycles. The fourth-order valence-electron chi connectivity index (χ4n) is 7.24. The van der Waals surface area contributed by atoms with Crippen molar-refractivity contribution in [2.45, 2.75) is 0 Å². The van der Waals surface area contributed by atoms with Crippen LogP contribution in [0.2, 0.25) is 0 Å². The van der Waals surface area contributed by atoms with E-state index in [9.17, 15) is 0 Å². The Morgan fingerprint density at radius 3 is 1.79 bits per heavy atom. The number of para-hydroxylation sites is 2. The van der Waals surface area contributed by atoms with Gasteiger partial charge >= 0.3 is 0 Å². The molecule has 0 radical (unpaired) electrons. The smallest absolute Gasteiger partial charge is 0.143 e. The molecule has 2 heteroatoms. The van der Waals surface area contributed by atoms with Crippen LogP contribution in [0.4, 0.5) is 0 Å². The third kappa shape index (κ3) is 2.83. The number of furan rings is 2. The van der Waals surface area contributed by atoms with Crippen molar-refractivity contribution in [2.75, 3.05) is 0 Å². The van der Waals surface area contributed by atoms with Crippen LogP contribution in [0.25, 0.3) is 99.2 Å². The summed E-state index contributed by atoms with van der Waals surface area (Å²) in [6.45, 7) is 0. The molecule has 7 aromatic carbocycles. The first-order valence-electron chi connectivity index (χ1n) is 14.4. The molecule has 0 saturated heterocycles. The zero-order valence-corrected chi connectivity index (χ0v) is 22.5. The molecule has 10 rings (SSSR count). The molecule has 194 valence electrons. The zero-order valence-electron chi connectivity index (χ0n) is 22.5. The number of hydrogen-bond donors (Lipinski definition) is 0. The van der Waals surface area contributed by atoms with Gasteiger partial charge in [0.2, 0.25) is 0 Å². The van der Waals surface area contributed by atoms with Crippen LogP contribution in [0.5, 0.6) is 0 Å². The Morgan fingerprint density at radius 2 is 0.905 bits per heavy atom. The largest absolute Gasteiger partial charge is 0.456 e. The Kier molecular flexibility index (Phi) is 4.21. The van der Waals surface area contributed by atoms with Crippen LogP contribution < -0.4 is 0 Å². The van der Waals surface area contributed by atoms with Gasteiger partial charge in [-0.1, -0.05) is 109 Å². The van der Waals surface area contributed by atoms with Crippen molar-refractivity contribution in [2.24, 2.45) is 0 Å². The van der Waals surface area contributed by atoms with Crippen molar-refractivity contribution < 1.29 is 8.83 Å². The summed E-state index contributed by atoms with van der Waals surface area (Å²) < 4.78 is 12.9. The standard InChI is InChI=1S/C40H22O2/c1-2-9-26-25(8-1)30-12-6-13-31-27(20-21-33(26)38(30)31)32-14-7-17-36-39(32)34-15-5-11-24(40(34)42-36)23-18-19-29-28-10-3-4-16-35(28)41-37(29)22-23/h1-22H. The molecule has 1 aliphatic carbocycles. The molecule has 0 N–H and O–H groups in total. The molecular formula is C40H22O2. The van der Waals surface area contributed by atoms with Gasteiger partial charge in [-0.3, -0.25) is 0 Å². The predicted octanol–water partition coefficient (Wildman–Crippen LogP) is 11.6. The fraction of sp³-hybridized carbons (Fsp3) is 0. The lowest BCUT2D eigenvalue weighted by molar-refractivity contribution is 0.668. The van der Waals surface area contributed by atoms with E-state index < -0.39 is 0 Å². The molecule has 0 fully saturated rings. The quantitative estimate of drug-likeness (QED) is 0.220. The normalized spacial score (nSPS) is 12.3. The van der Waals surface area contributed by atoms with Gasteiger partial charge in [0, 0.05) is 27.1 Å². The average Bonchev–Trinajstić information content (AvgIpc) is 3.72. The topological polar surface area (TPSA) is 26.3 Å². The van der Waals surface area contributed by atoms with Gasteiger partial charge in [-0.2, -0.15) is 0 Å². The first-order chi connectivity index (χ1) is 20.8. The molecule has 42 heavy (non-hydrogen) atoms. The molecule has 0 bridgehead atoms. The van der Waals surface area contributed by atoms with Gasteiger partial charge in [-0.15, -0.1) is 0 Å². The van der Waals surface area contributed by atoms with E-state index in [1.807, 2.05) is 12.1 Å². The molecule has 0 unspecified atom stereocenters. The summed E-state index contributed by atoms with van der Waals surface area (Å²) in [5.41, 5.74) is 13.4. The summed E-state index contributed by atoms with van der Waals surface area (Å²) >= 11 is 0. The Morgan fingerprint density at radius 1 is 0.310 bits per heavy atom. The van der Waals surface area contributed by atoms with Crippen molar-refractivity contribution in [1.82, 2.24) is 0 Å². The number of rotatable bonds is 2. The molecule has 0 atom stereocenters. The van der Waals surface area contributed by atoms with Gasteiger partial charge in [-0.05, 0) is 74.0 Å². The third-order valence-corrected chi connectivity index (χ3v) is 9.05. The Balaban J connectivity index is 1.21. The van der Waals surface area contributed by atoms with E-state index in [-0.39, 0.29) is 0 Å². The Bertz CT molecular complexity index is 2550. The summed E-state index contributed by atoms with van der Waals surface area (Å²) in [5.74, 6) is 0. The molecule has 0 aliphatic heterocycles. The highest BCUT2D eigenvalue weighted by molar-refractivity contribution is 6.22. The van der Waals surface area contributed by atoms with E-state index in [0.29, 0.717) is 0 Å². The number of fused-ring (bicyclic) bond motifs is 9. The van der Waals surface area contributed by atoms with Crippen molar-refractivity contribution in [1.29, 1.82) is 0 Å².